The summed E-state index contributed by atoms with van der Waals surface area (Å²) >= 11 is 5.75. The lowest BCUT2D eigenvalue weighted by molar-refractivity contribution is 0.601. The second kappa shape index (κ2) is 4.79. The second-order valence-corrected chi connectivity index (χ2v) is 5.48. The first kappa shape index (κ1) is 12.6. The number of nitrogens with zero attached hydrogens (tertiary/aromatic N) is 2. The number of aromatic nitrogens is 2. The monoisotopic (exact) mass is 284 g/mol. The minimum atomic E-state index is -3.83. The summed E-state index contributed by atoms with van der Waals surface area (Å²) in [6, 6.07) is 7.25. The van der Waals surface area contributed by atoms with Crippen molar-refractivity contribution in [2.24, 2.45) is 0 Å². The van der Waals surface area contributed by atoms with Crippen LogP contribution in [0, 0.1) is 0 Å². The number of rotatable bonds is 3. The van der Waals surface area contributed by atoms with Crippen LogP contribution < -0.4 is 10.5 Å². The summed E-state index contributed by atoms with van der Waals surface area (Å²) in [5.74, 6) is 0.108. The van der Waals surface area contributed by atoms with Crippen molar-refractivity contribution in [2.75, 3.05) is 10.5 Å². The largest absolute Gasteiger partial charge is 0.398 e. The van der Waals surface area contributed by atoms with E-state index in [4.69, 9.17) is 17.3 Å². The van der Waals surface area contributed by atoms with Crippen LogP contribution in [0.25, 0.3) is 0 Å². The standard InChI is InChI=1S/C10H9ClN4O2S/c11-7-3-4-8(12)9(6-7)18(16,17)15-10-2-1-5-13-14-10/h1-6H,12H2,(H,14,15). The molecule has 1 heterocycles. The van der Waals surface area contributed by atoms with E-state index in [0.29, 0.717) is 0 Å². The maximum Gasteiger partial charge on any atom is 0.265 e. The van der Waals surface area contributed by atoms with Crippen LogP contribution in [0.2, 0.25) is 5.02 Å². The number of benzene rings is 1. The molecular weight excluding hydrogens is 276 g/mol. The molecular formula is C10H9ClN4O2S. The van der Waals surface area contributed by atoms with Crippen molar-refractivity contribution < 1.29 is 8.42 Å². The van der Waals surface area contributed by atoms with Gasteiger partial charge in [0.1, 0.15) is 4.90 Å². The van der Waals surface area contributed by atoms with Gasteiger partial charge in [0.15, 0.2) is 5.82 Å². The minimum Gasteiger partial charge on any atom is -0.398 e. The van der Waals surface area contributed by atoms with E-state index in [1.54, 1.807) is 6.07 Å². The first-order valence-corrected chi connectivity index (χ1v) is 6.71. The van der Waals surface area contributed by atoms with Crippen molar-refractivity contribution in [2.45, 2.75) is 4.90 Å². The van der Waals surface area contributed by atoms with Gasteiger partial charge < -0.3 is 5.73 Å². The highest BCUT2D eigenvalue weighted by molar-refractivity contribution is 7.92. The lowest BCUT2D eigenvalue weighted by atomic mass is 10.3. The van der Waals surface area contributed by atoms with Gasteiger partial charge in [0.25, 0.3) is 10.0 Å². The Morgan fingerprint density at radius 2 is 2.06 bits per heavy atom. The second-order valence-electron chi connectivity index (χ2n) is 3.40. The summed E-state index contributed by atoms with van der Waals surface area (Å²) in [5, 5.41) is 7.48. The molecule has 0 saturated carbocycles. The molecule has 0 aliphatic carbocycles. The molecule has 8 heteroatoms. The maximum atomic E-state index is 12.1. The Morgan fingerprint density at radius 3 is 2.72 bits per heavy atom. The fourth-order valence-corrected chi connectivity index (χ4v) is 2.68. The minimum absolute atomic E-state index is 0.0966. The van der Waals surface area contributed by atoms with Gasteiger partial charge >= 0.3 is 0 Å². The lowest BCUT2D eigenvalue weighted by Gasteiger charge is -2.09. The molecule has 0 atom stereocenters. The Bertz CT molecular complexity index is 661. The van der Waals surface area contributed by atoms with E-state index in [9.17, 15) is 8.42 Å². The molecule has 1 aromatic heterocycles. The van der Waals surface area contributed by atoms with Gasteiger partial charge in [-0.3, -0.25) is 4.72 Å². The van der Waals surface area contributed by atoms with Crippen LogP contribution >= 0.6 is 11.6 Å². The van der Waals surface area contributed by atoms with Gasteiger partial charge in [0.2, 0.25) is 0 Å². The van der Waals surface area contributed by atoms with Crippen molar-refractivity contribution in [3.63, 3.8) is 0 Å². The topological polar surface area (TPSA) is 98.0 Å². The molecule has 3 N–H and O–H groups in total. The molecule has 0 fully saturated rings. The summed E-state index contributed by atoms with van der Waals surface area (Å²) < 4.78 is 26.4. The summed E-state index contributed by atoms with van der Waals surface area (Å²) in [7, 11) is -3.83. The number of halogens is 1. The van der Waals surface area contributed by atoms with Crippen LogP contribution in [0.3, 0.4) is 0 Å². The fourth-order valence-electron chi connectivity index (χ4n) is 1.29. The summed E-state index contributed by atoms with van der Waals surface area (Å²) in [6.07, 6.45) is 1.44. The molecule has 0 aliphatic rings. The molecule has 6 nitrogen and oxygen atoms in total. The van der Waals surface area contributed by atoms with Crippen molar-refractivity contribution in [1.29, 1.82) is 0 Å². The fraction of sp³-hybridized carbons (Fsp3) is 0. The highest BCUT2D eigenvalue weighted by atomic mass is 35.5. The highest BCUT2D eigenvalue weighted by Crippen LogP contribution is 2.24. The molecule has 2 rings (SSSR count). The molecule has 0 unspecified atom stereocenters. The Morgan fingerprint density at radius 1 is 1.28 bits per heavy atom. The molecule has 2 aromatic rings. The summed E-state index contributed by atoms with van der Waals surface area (Å²) in [4.78, 5) is -0.0966. The predicted octanol–water partition coefficient (Wildman–Crippen LogP) is 1.51. The van der Waals surface area contributed by atoms with Gasteiger partial charge in [-0.05, 0) is 30.3 Å². The van der Waals surface area contributed by atoms with E-state index in [1.807, 2.05) is 0 Å². The molecule has 0 aliphatic heterocycles. The van der Waals surface area contributed by atoms with Crippen molar-refractivity contribution in [3.05, 3.63) is 41.6 Å². The first-order valence-electron chi connectivity index (χ1n) is 4.84. The van der Waals surface area contributed by atoms with E-state index >= 15 is 0 Å². The van der Waals surface area contributed by atoms with Gasteiger partial charge in [0.05, 0.1) is 5.69 Å². The van der Waals surface area contributed by atoms with Gasteiger partial charge in [-0.25, -0.2) is 8.42 Å². The van der Waals surface area contributed by atoms with Crippen molar-refractivity contribution in [3.8, 4) is 0 Å². The Labute approximate surface area is 109 Å². The molecule has 1 aromatic carbocycles. The number of hydrogen-bond donors (Lipinski definition) is 2. The van der Waals surface area contributed by atoms with E-state index in [0.717, 1.165) is 0 Å². The number of sulfonamides is 1. The van der Waals surface area contributed by atoms with E-state index in [2.05, 4.69) is 14.9 Å². The zero-order valence-corrected chi connectivity index (χ0v) is 10.6. The number of nitrogen functional groups attached to an aromatic ring is 1. The average molecular weight is 285 g/mol. The van der Waals surface area contributed by atoms with Gasteiger partial charge in [-0.1, -0.05) is 11.6 Å². The SMILES string of the molecule is Nc1ccc(Cl)cc1S(=O)(=O)Nc1cccnn1. The van der Waals surface area contributed by atoms with E-state index in [-0.39, 0.29) is 21.4 Å². The zero-order valence-electron chi connectivity index (χ0n) is 9.04. The molecule has 0 saturated heterocycles. The Balaban J connectivity index is 2.40. The van der Waals surface area contributed by atoms with Gasteiger partial charge in [-0.2, -0.15) is 5.10 Å². The summed E-state index contributed by atoms with van der Waals surface area (Å²) in [6.45, 7) is 0. The molecule has 0 radical (unpaired) electrons. The molecule has 0 amide bonds. The lowest BCUT2D eigenvalue weighted by Crippen LogP contribution is -2.15. The van der Waals surface area contributed by atoms with Crippen LogP contribution in [-0.4, -0.2) is 18.6 Å². The van der Waals surface area contributed by atoms with Crippen molar-refractivity contribution >= 4 is 33.1 Å². The molecule has 18 heavy (non-hydrogen) atoms. The number of nitrogens with one attached hydrogen (secondary N) is 1. The highest BCUT2D eigenvalue weighted by Gasteiger charge is 2.18. The first-order chi connectivity index (χ1) is 8.49. The van der Waals surface area contributed by atoms with Gasteiger partial charge in [0, 0.05) is 11.2 Å². The van der Waals surface area contributed by atoms with E-state index in [1.165, 1.54) is 30.5 Å². The van der Waals surface area contributed by atoms with Crippen LogP contribution in [0.1, 0.15) is 0 Å². The molecule has 0 bridgehead atoms. The smallest absolute Gasteiger partial charge is 0.265 e. The van der Waals surface area contributed by atoms with Gasteiger partial charge in [-0.15, -0.1) is 5.10 Å². The Hall–Kier alpha value is -1.86. The third kappa shape index (κ3) is 2.69. The quantitative estimate of drug-likeness (QED) is 0.833. The van der Waals surface area contributed by atoms with Crippen LogP contribution in [0.4, 0.5) is 11.5 Å². The maximum absolute atomic E-state index is 12.1. The van der Waals surface area contributed by atoms with Crippen molar-refractivity contribution in [1.82, 2.24) is 10.2 Å². The molecule has 0 spiro atoms. The molecule has 94 valence electrons. The normalized spacial score (nSPS) is 11.2. The Kier molecular flexibility index (Phi) is 3.35. The van der Waals surface area contributed by atoms with Crippen LogP contribution in [0.15, 0.2) is 41.4 Å². The number of nitrogens with two attached hydrogens (primary N) is 1. The number of anilines is 2. The van der Waals surface area contributed by atoms with E-state index < -0.39 is 10.0 Å². The average Bonchev–Trinajstić information content (AvgIpc) is 2.33. The zero-order chi connectivity index (χ0) is 13.2. The summed E-state index contributed by atoms with van der Waals surface area (Å²) in [5.41, 5.74) is 5.72. The van der Waals surface area contributed by atoms with Crippen LogP contribution in [0.5, 0.6) is 0 Å². The van der Waals surface area contributed by atoms with Crippen LogP contribution in [-0.2, 0) is 10.0 Å². The number of hydrogen-bond acceptors (Lipinski definition) is 5. The third-order valence-electron chi connectivity index (χ3n) is 2.08. The third-order valence-corrected chi connectivity index (χ3v) is 3.72. The predicted molar refractivity (Wildman–Crippen MR) is 68.7 cm³/mol.